The fourth-order valence-electron chi connectivity index (χ4n) is 2.10. The van der Waals surface area contributed by atoms with Crippen molar-refractivity contribution in [3.63, 3.8) is 0 Å². The molecule has 0 atom stereocenters. The molecule has 2 N–H and O–H groups in total. The molecule has 0 aliphatic heterocycles. The molecule has 2 aromatic rings. The van der Waals surface area contributed by atoms with E-state index in [0.717, 1.165) is 29.8 Å². The minimum absolute atomic E-state index is 0.0442. The molecule has 0 aromatic heterocycles. The van der Waals surface area contributed by atoms with Crippen LogP contribution in [0.25, 0.3) is 0 Å². The molecular weight excluding hydrogens is 288 g/mol. The van der Waals surface area contributed by atoms with E-state index >= 15 is 0 Å². The summed E-state index contributed by atoms with van der Waals surface area (Å²) in [5.41, 5.74) is 1.93. The number of para-hydroxylation sites is 2. The molecule has 0 aliphatic rings. The molecule has 2 rings (SSSR count). The van der Waals surface area contributed by atoms with E-state index in [-0.39, 0.29) is 12.5 Å². The maximum Gasteiger partial charge on any atom is 0.239 e. The Labute approximate surface area is 137 Å². The largest absolute Gasteiger partial charge is 0.491 e. The lowest BCUT2D eigenvalue weighted by atomic mass is 10.2. The Bertz CT molecular complexity index is 599. The summed E-state index contributed by atoms with van der Waals surface area (Å²) in [7, 11) is 0. The first-order valence-electron chi connectivity index (χ1n) is 8.06. The van der Waals surface area contributed by atoms with Crippen molar-refractivity contribution in [1.82, 2.24) is 5.32 Å². The quantitative estimate of drug-likeness (QED) is 0.696. The third-order valence-corrected chi connectivity index (χ3v) is 3.41. The molecule has 2 aromatic carbocycles. The molecule has 4 nitrogen and oxygen atoms in total. The van der Waals surface area contributed by atoms with Crippen molar-refractivity contribution in [1.29, 1.82) is 0 Å². The van der Waals surface area contributed by atoms with Crippen molar-refractivity contribution in [3.8, 4) is 5.75 Å². The average molecular weight is 312 g/mol. The van der Waals surface area contributed by atoms with Crippen molar-refractivity contribution in [2.45, 2.75) is 26.3 Å². The van der Waals surface area contributed by atoms with E-state index in [1.807, 2.05) is 54.6 Å². The molecule has 0 unspecified atom stereocenters. The number of carbonyl (C=O) groups is 1. The van der Waals surface area contributed by atoms with Crippen LogP contribution >= 0.6 is 0 Å². The van der Waals surface area contributed by atoms with Crippen molar-refractivity contribution >= 4 is 11.6 Å². The van der Waals surface area contributed by atoms with Gasteiger partial charge in [-0.3, -0.25) is 4.79 Å². The highest BCUT2D eigenvalue weighted by Gasteiger charge is 2.05. The number of carbonyl (C=O) groups excluding carboxylic acids is 1. The zero-order chi connectivity index (χ0) is 16.3. The van der Waals surface area contributed by atoms with Gasteiger partial charge in [-0.2, -0.15) is 0 Å². The Balaban J connectivity index is 1.79. The van der Waals surface area contributed by atoms with Gasteiger partial charge in [-0.15, -0.1) is 0 Å². The van der Waals surface area contributed by atoms with Crippen LogP contribution in [0.3, 0.4) is 0 Å². The fourth-order valence-corrected chi connectivity index (χ4v) is 2.10. The smallest absolute Gasteiger partial charge is 0.239 e. The minimum atomic E-state index is -0.0442. The lowest BCUT2D eigenvalue weighted by molar-refractivity contribution is -0.119. The summed E-state index contributed by atoms with van der Waals surface area (Å²) >= 11 is 0. The summed E-state index contributed by atoms with van der Waals surface area (Å²) in [5, 5.41) is 6.04. The molecule has 0 bridgehead atoms. The number of nitrogens with one attached hydrogen (secondary N) is 2. The maximum atomic E-state index is 11.9. The van der Waals surface area contributed by atoms with Crippen LogP contribution in [0.2, 0.25) is 0 Å². The van der Waals surface area contributed by atoms with E-state index in [4.69, 9.17) is 4.74 Å². The Morgan fingerprint density at radius 1 is 1.04 bits per heavy atom. The van der Waals surface area contributed by atoms with Gasteiger partial charge in [-0.1, -0.05) is 55.8 Å². The molecule has 0 heterocycles. The van der Waals surface area contributed by atoms with E-state index in [1.54, 1.807) is 0 Å². The predicted molar refractivity (Wildman–Crippen MR) is 93.6 cm³/mol. The molecule has 0 saturated heterocycles. The zero-order valence-electron chi connectivity index (χ0n) is 13.5. The van der Waals surface area contributed by atoms with Gasteiger partial charge in [0.05, 0.1) is 18.8 Å². The summed E-state index contributed by atoms with van der Waals surface area (Å²) in [4.78, 5) is 11.9. The topological polar surface area (TPSA) is 50.4 Å². The van der Waals surface area contributed by atoms with Crippen LogP contribution in [-0.2, 0) is 11.3 Å². The SMILES string of the molecule is CCCCOc1ccccc1NCC(=O)NCc1ccccc1. The normalized spacial score (nSPS) is 10.1. The summed E-state index contributed by atoms with van der Waals surface area (Å²) in [5.74, 6) is 0.744. The highest BCUT2D eigenvalue weighted by atomic mass is 16.5. The van der Waals surface area contributed by atoms with Gasteiger partial charge in [0.25, 0.3) is 0 Å². The summed E-state index contributed by atoms with van der Waals surface area (Å²) in [6, 6.07) is 17.6. The van der Waals surface area contributed by atoms with Gasteiger partial charge >= 0.3 is 0 Å². The van der Waals surface area contributed by atoms with Crippen molar-refractivity contribution < 1.29 is 9.53 Å². The monoisotopic (exact) mass is 312 g/mol. The van der Waals surface area contributed by atoms with Crippen LogP contribution in [-0.4, -0.2) is 19.1 Å². The van der Waals surface area contributed by atoms with E-state index in [1.165, 1.54) is 0 Å². The lowest BCUT2D eigenvalue weighted by Crippen LogP contribution is -2.29. The van der Waals surface area contributed by atoms with Crippen LogP contribution < -0.4 is 15.4 Å². The molecule has 23 heavy (non-hydrogen) atoms. The number of rotatable bonds is 9. The van der Waals surface area contributed by atoms with E-state index in [2.05, 4.69) is 17.6 Å². The fraction of sp³-hybridized carbons (Fsp3) is 0.316. The lowest BCUT2D eigenvalue weighted by Gasteiger charge is -2.13. The third kappa shape index (κ3) is 6.02. The number of anilines is 1. The second-order valence-corrected chi connectivity index (χ2v) is 5.31. The van der Waals surface area contributed by atoms with Crippen molar-refractivity contribution in [3.05, 3.63) is 60.2 Å². The van der Waals surface area contributed by atoms with Crippen LogP contribution in [0.4, 0.5) is 5.69 Å². The summed E-state index contributed by atoms with van der Waals surface area (Å²) < 4.78 is 5.74. The number of unbranched alkanes of at least 4 members (excludes halogenated alkanes) is 1. The molecule has 0 radical (unpaired) electrons. The molecule has 0 fully saturated rings. The van der Waals surface area contributed by atoms with Crippen molar-refractivity contribution in [2.24, 2.45) is 0 Å². The van der Waals surface area contributed by atoms with Gasteiger partial charge < -0.3 is 15.4 Å². The average Bonchev–Trinajstić information content (AvgIpc) is 2.60. The van der Waals surface area contributed by atoms with Gasteiger partial charge in [-0.25, -0.2) is 0 Å². The molecule has 4 heteroatoms. The first kappa shape index (κ1) is 16.9. The Morgan fingerprint density at radius 2 is 1.78 bits per heavy atom. The van der Waals surface area contributed by atoms with Gasteiger partial charge in [0.15, 0.2) is 0 Å². The Kier molecular flexibility index (Phi) is 6.98. The number of amides is 1. The van der Waals surface area contributed by atoms with Gasteiger partial charge in [0, 0.05) is 6.54 Å². The minimum Gasteiger partial charge on any atom is -0.491 e. The second-order valence-electron chi connectivity index (χ2n) is 5.31. The maximum absolute atomic E-state index is 11.9. The molecule has 0 saturated carbocycles. The summed E-state index contributed by atoms with van der Waals surface area (Å²) in [6.45, 7) is 3.58. The molecule has 0 spiro atoms. The van der Waals surface area contributed by atoms with Crippen molar-refractivity contribution in [2.75, 3.05) is 18.5 Å². The number of benzene rings is 2. The van der Waals surface area contributed by atoms with E-state index < -0.39 is 0 Å². The highest BCUT2D eigenvalue weighted by molar-refractivity contribution is 5.81. The van der Waals surface area contributed by atoms with Crippen LogP contribution in [0.15, 0.2) is 54.6 Å². The predicted octanol–water partition coefficient (Wildman–Crippen LogP) is 3.59. The number of hydrogen-bond acceptors (Lipinski definition) is 3. The Hall–Kier alpha value is -2.49. The van der Waals surface area contributed by atoms with Crippen LogP contribution in [0.1, 0.15) is 25.3 Å². The zero-order valence-corrected chi connectivity index (χ0v) is 13.5. The van der Waals surface area contributed by atoms with Crippen LogP contribution in [0, 0.1) is 0 Å². The first-order valence-corrected chi connectivity index (χ1v) is 8.06. The van der Waals surface area contributed by atoms with Gasteiger partial charge in [0.1, 0.15) is 5.75 Å². The molecule has 122 valence electrons. The summed E-state index contributed by atoms with van der Waals surface area (Å²) in [6.07, 6.45) is 2.11. The molecular formula is C19H24N2O2. The highest BCUT2D eigenvalue weighted by Crippen LogP contribution is 2.23. The Morgan fingerprint density at radius 3 is 2.57 bits per heavy atom. The standard InChI is InChI=1S/C19H24N2O2/c1-2-3-13-23-18-12-8-7-11-17(18)20-15-19(22)21-14-16-9-5-4-6-10-16/h4-12,20H,2-3,13-15H2,1H3,(H,21,22). The number of ether oxygens (including phenoxy) is 1. The second kappa shape index (κ2) is 9.51. The van der Waals surface area contributed by atoms with Crippen LogP contribution in [0.5, 0.6) is 5.75 Å². The molecule has 1 amide bonds. The van der Waals surface area contributed by atoms with Gasteiger partial charge in [-0.05, 0) is 24.1 Å². The van der Waals surface area contributed by atoms with E-state index in [0.29, 0.717) is 13.2 Å². The third-order valence-electron chi connectivity index (χ3n) is 3.41. The van der Waals surface area contributed by atoms with Gasteiger partial charge in [0.2, 0.25) is 5.91 Å². The van der Waals surface area contributed by atoms with E-state index in [9.17, 15) is 4.79 Å². The first-order chi connectivity index (χ1) is 11.3. The molecule has 0 aliphatic carbocycles. The number of hydrogen-bond donors (Lipinski definition) is 2.